The van der Waals surface area contributed by atoms with E-state index in [1.54, 1.807) is 16.8 Å². The zero-order valence-electron chi connectivity index (χ0n) is 13.4. The van der Waals surface area contributed by atoms with Crippen LogP contribution in [0, 0.1) is 29.1 Å². The Morgan fingerprint density at radius 3 is 2.92 bits per heavy atom. The Morgan fingerprint density at radius 2 is 2.12 bits per heavy atom. The molecular formula is C20H14N4O. The van der Waals surface area contributed by atoms with Crippen molar-refractivity contribution in [2.24, 2.45) is 5.92 Å². The lowest BCUT2D eigenvalue weighted by atomic mass is 10.0. The first-order chi connectivity index (χ1) is 12.2. The van der Waals surface area contributed by atoms with Gasteiger partial charge in [0.05, 0.1) is 22.9 Å². The molecule has 2 aromatic heterocycles. The fraction of sp³-hybridized carbons (Fsp3) is 0.200. The van der Waals surface area contributed by atoms with Gasteiger partial charge in [0, 0.05) is 24.7 Å². The molecule has 0 bridgehead atoms. The molecule has 1 aromatic carbocycles. The van der Waals surface area contributed by atoms with Crippen LogP contribution in [0.4, 0.5) is 0 Å². The second-order valence-electron chi connectivity index (χ2n) is 6.01. The third-order valence-electron chi connectivity index (χ3n) is 4.34. The van der Waals surface area contributed by atoms with E-state index in [9.17, 15) is 4.79 Å². The number of aromatic nitrogens is 3. The summed E-state index contributed by atoms with van der Waals surface area (Å²) in [7, 11) is 0. The lowest BCUT2D eigenvalue weighted by molar-refractivity contribution is 0.423. The number of aryl methyl sites for hydroxylation is 1. The molecule has 1 unspecified atom stereocenters. The van der Waals surface area contributed by atoms with Crippen LogP contribution < -0.4 is 5.56 Å². The van der Waals surface area contributed by atoms with Crippen LogP contribution in [0.5, 0.6) is 0 Å². The van der Waals surface area contributed by atoms with Crippen LogP contribution in [0.1, 0.15) is 23.5 Å². The van der Waals surface area contributed by atoms with E-state index in [1.165, 1.54) is 0 Å². The standard InChI is InChI=1S/C20H14N4O/c21-12-15-6-9-19-23-18-11-14(4-7-16-3-1-2-10-22-16)5-8-17(18)20(25)24(19)13-15/h1-3,5,8,10-11,15H,6,9,13H2. The number of hydrogen-bond acceptors (Lipinski definition) is 4. The topological polar surface area (TPSA) is 71.6 Å². The fourth-order valence-electron chi connectivity index (χ4n) is 3.02. The molecule has 3 aromatic rings. The lowest BCUT2D eigenvalue weighted by Crippen LogP contribution is -2.32. The predicted octanol–water partition coefficient (Wildman–Crippen LogP) is 2.28. The number of benzene rings is 1. The quantitative estimate of drug-likeness (QED) is 0.594. The molecule has 0 fully saturated rings. The highest BCUT2D eigenvalue weighted by Crippen LogP contribution is 2.19. The van der Waals surface area contributed by atoms with Gasteiger partial charge in [-0.15, -0.1) is 0 Å². The molecule has 5 heteroatoms. The van der Waals surface area contributed by atoms with E-state index in [1.807, 2.05) is 30.3 Å². The number of pyridine rings is 1. The van der Waals surface area contributed by atoms with E-state index in [0.717, 1.165) is 17.8 Å². The van der Waals surface area contributed by atoms with E-state index in [4.69, 9.17) is 5.26 Å². The lowest BCUT2D eigenvalue weighted by Gasteiger charge is -2.21. The maximum atomic E-state index is 12.7. The first-order valence-corrected chi connectivity index (χ1v) is 8.11. The number of hydrogen-bond donors (Lipinski definition) is 0. The molecule has 0 N–H and O–H groups in total. The van der Waals surface area contributed by atoms with Gasteiger partial charge >= 0.3 is 0 Å². The van der Waals surface area contributed by atoms with Gasteiger partial charge in [0.2, 0.25) is 0 Å². The Hall–Kier alpha value is -3.44. The number of nitriles is 1. The van der Waals surface area contributed by atoms with Crippen LogP contribution in [0.15, 0.2) is 47.4 Å². The summed E-state index contributed by atoms with van der Waals surface area (Å²) in [6.07, 6.45) is 3.09. The van der Waals surface area contributed by atoms with Crippen molar-refractivity contribution >= 4 is 10.9 Å². The summed E-state index contributed by atoms with van der Waals surface area (Å²) in [4.78, 5) is 21.5. The minimum atomic E-state index is -0.118. The van der Waals surface area contributed by atoms with E-state index in [-0.39, 0.29) is 11.5 Å². The Morgan fingerprint density at radius 1 is 1.20 bits per heavy atom. The van der Waals surface area contributed by atoms with Crippen LogP contribution in [0.3, 0.4) is 0 Å². The smallest absolute Gasteiger partial charge is 0.261 e. The van der Waals surface area contributed by atoms with Crippen molar-refractivity contribution in [2.75, 3.05) is 0 Å². The summed E-state index contributed by atoms with van der Waals surface area (Å²) >= 11 is 0. The van der Waals surface area contributed by atoms with E-state index >= 15 is 0 Å². The van der Waals surface area contributed by atoms with E-state index < -0.39 is 0 Å². The molecular weight excluding hydrogens is 312 g/mol. The normalized spacial score (nSPS) is 15.7. The van der Waals surface area contributed by atoms with Crippen molar-refractivity contribution in [1.29, 1.82) is 5.26 Å². The maximum Gasteiger partial charge on any atom is 0.261 e. The Bertz CT molecular complexity index is 1110. The zero-order valence-corrected chi connectivity index (χ0v) is 13.4. The minimum Gasteiger partial charge on any atom is -0.295 e. The van der Waals surface area contributed by atoms with Gasteiger partial charge in [-0.25, -0.2) is 9.97 Å². The average molecular weight is 326 g/mol. The van der Waals surface area contributed by atoms with Gasteiger partial charge in [-0.3, -0.25) is 9.36 Å². The maximum absolute atomic E-state index is 12.7. The van der Waals surface area contributed by atoms with Gasteiger partial charge in [-0.1, -0.05) is 12.0 Å². The summed E-state index contributed by atoms with van der Waals surface area (Å²) in [5.74, 6) is 6.70. The average Bonchev–Trinajstić information content (AvgIpc) is 2.67. The third kappa shape index (κ3) is 2.88. The molecule has 4 rings (SSSR count). The van der Waals surface area contributed by atoms with Crippen molar-refractivity contribution in [2.45, 2.75) is 19.4 Å². The Kier molecular flexibility index (Phi) is 3.76. The summed E-state index contributed by atoms with van der Waals surface area (Å²) in [5, 5.41) is 9.66. The highest BCUT2D eigenvalue weighted by Gasteiger charge is 2.21. The molecule has 3 heterocycles. The third-order valence-corrected chi connectivity index (χ3v) is 4.34. The van der Waals surface area contributed by atoms with Gasteiger partial charge in [-0.2, -0.15) is 5.26 Å². The monoisotopic (exact) mass is 326 g/mol. The van der Waals surface area contributed by atoms with Crippen molar-refractivity contribution in [1.82, 2.24) is 14.5 Å². The highest BCUT2D eigenvalue weighted by molar-refractivity contribution is 5.79. The molecule has 1 aliphatic heterocycles. The van der Waals surface area contributed by atoms with Crippen molar-refractivity contribution in [3.05, 3.63) is 70.0 Å². The van der Waals surface area contributed by atoms with Gasteiger partial charge in [0.25, 0.3) is 5.56 Å². The van der Waals surface area contributed by atoms with Gasteiger partial charge in [0.1, 0.15) is 11.5 Å². The summed E-state index contributed by atoms with van der Waals surface area (Å²) in [5.41, 5.74) is 2.06. The van der Waals surface area contributed by atoms with Gasteiger partial charge < -0.3 is 0 Å². The largest absolute Gasteiger partial charge is 0.295 e. The van der Waals surface area contributed by atoms with E-state index in [2.05, 4.69) is 27.9 Å². The van der Waals surface area contributed by atoms with Crippen LogP contribution in [0.2, 0.25) is 0 Å². The molecule has 0 amide bonds. The fourth-order valence-corrected chi connectivity index (χ4v) is 3.02. The molecule has 0 aliphatic carbocycles. The number of nitrogens with zero attached hydrogens (tertiary/aromatic N) is 4. The summed E-state index contributed by atoms with van der Waals surface area (Å²) in [6, 6.07) is 13.2. The highest BCUT2D eigenvalue weighted by atomic mass is 16.1. The van der Waals surface area contributed by atoms with Gasteiger partial charge in [0.15, 0.2) is 0 Å². The summed E-state index contributed by atoms with van der Waals surface area (Å²) in [6.45, 7) is 0.425. The Labute approximate surface area is 144 Å². The molecule has 1 aliphatic rings. The first kappa shape index (κ1) is 15.1. The second kappa shape index (κ2) is 6.22. The van der Waals surface area contributed by atoms with Crippen molar-refractivity contribution in [3.63, 3.8) is 0 Å². The SMILES string of the molecule is N#CC1CCc2nc3cc(C#Cc4ccccn4)ccc3c(=O)n2C1. The van der Waals surface area contributed by atoms with Gasteiger partial charge in [-0.05, 0) is 42.7 Å². The van der Waals surface area contributed by atoms with Crippen LogP contribution in [-0.2, 0) is 13.0 Å². The molecule has 0 spiro atoms. The molecule has 0 radical (unpaired) electrons. The van der Waals surface area contributed by atoms with Crippen LogP contribution >= 0.6 is 0 Å². The van der Waals surface area contributed by atoms with Crippen LogP contribution in [-0.4, -0.2) is 14.5 Å². The molecule has 0 saturated heterocycles. The number of fused-ring (bicyclic) bond motifs is 2. The molecule has 120 valence electrons. The van der Waals surface area contributed by atoms with Crippen molar-refractivity contribution < 1.29 is 0 Å². The Balaban J connectivity index is 1.77. The minimum absolute atomic E-state index is 0.0795. The van der Waals surface area contributed by atoms with E-state index in [0.29, 0.717) is 29.6 Å². The number of rotatable bonds is 0. The van der Waals surface area contributed by atoms with Crippen molar-refractivity contribution in [3.8, 4) is 17.9 Å². The zero-order chi connectivity index (χ0) is 17.2. The first-order valence-electron chi connectivity index (χ1n) is 8.11. The molecule has 25 heavy (non-hydrogen) atoms. The second-order valence-corrected chi connectivity index (χ2v) is 6.01. The molecule has 5 nitrogen and oxygen atoms in total. The molecule has 1 atom stereocenters. The van der Waals surface area contributed by atoms with Crippen LogP contribution in [0.25, 0.3) is 10.9 Å². The predicted molar refractivity (Wildman–Crippen MR) is 93.6 cm³/mol. The summed E-state index contributed by atoms with van der Waals surface area (Å²) < 4.78 is 1.64. The molecule has 0 saturated carbocycles.